The van der Waals surface area contributed by atoms with E-state index in [1.807, 2.05) is 0 Å². The molecule has 1 aromatic rings. The maximum absolute atomic E-state index is 12.4. The lowest BCUT2D eigenvalue weighted by molar-refractivity contribution is -0.159. The first-order valence-corrected chi connectivity index (χ1v) is 6.86. The van der Waals surface area contributed by atoms with Gasteiger partial charge in [-0.3, -0.25) is 9.59 Å². The molecule has 1 saturated heterocycles. The molecule has 1 unspecified atom stereocenters. The van der Waals surface area contributed by atoms with E-state index in [0.29, 0.717) is 11.1 Å². The predicted octanol–water partition coefficient (Wildman–Crippen LogP) is 1.28. The topological polar surface area (TPSA) is 83.9 Å². The number of esters is 1. The molecule has 0 spiro atoms. The minimum absolute atomic E-state index is 0.125. The van der Waals surface area contributed by atoms with Gasteiger partial charge in [-0.2, -0.15) is 0 Å². The van der Waals surface area contributed by atoms with Crippen LogP contribution in [0.1, 0.15) is 18.9 Å². The fourth-order valence-electron chi connectivity index (χ4n) is 3.39. The molecule has 1 fully saturated rings. The number of methoxy groups -OCH3 is 1. The number of benzene rings is 1. The summed E-state index contributed by atoms with van der Waals surface area (Å²) in [5.41, 5.74) is -0.365. The number of amides is 1. The predicted molar refractivity (Wildman–Crippen MR) is 76.4 cm³/mol. The second kappa shape index (κ2) is 4.69. The van der Waals surface area contributed by atoms with Crippen molar-refractivity contribution in [2.24, 2.45) is 5.41 Å². The van der Waals surface area contributed by atoms with Crippen molar-refractivity contribution in [3.8, 4) is 0 Å². The van der Waals surface area contributed by atoms with Gasteiger partial charge >= 0.3 is 11.9 Å². The standard InChI is InChI=1S/C16H15NO5/c1-16(15(21)22-2)10-8-11(18)17(10)13(14(19)20)12(16)9-6-4-3-5-7-9/h3-7,10H,8H2,1-2H3,(H,19,20)/t10-,16?/m0/s1. The van der Waals surface area contributed by atoms with Crippen molar-refractivity contribution in [1.82, 2.24) is 4.90 Å². The molecular formula is C16H15NO5. The van der Waals surface area contributed by atoms with Crippen molar-refractivity contribution >= 4 is 23.4 Å². The molecule has 114 valence electrons. The van der Waals surface area contributed by atoms with Gasteiger partial charge in [-0.25, -0.2) is 4.79 Å². The van der Waals surface area contributed by atoms with Crippen LogP contribution in [0.25, 0.3) is 5.57 Å². The van der Waals surface area contributed by atoms with E-state index in [2.05, 4.69) is 0 Å². The van der Waals surface area contributed by atoms with Gasteiger partial charge in [0.15, 0.2) is 0 Å². The average molecular weight is 301 g/mol. The molecule has 2 aliphatic heterocycles. The van der Waals surface area contributed by atoms with E-state index in [-0.39, 0.29) is 18.0 Å². The van der Waals surface area contributed by atoms with Crippen LogP contribution in [0.5, 0.6) is 0 Å². The Morgan fingerprint density at radius 3 is 2.45 bits per heavy atom. The van der Waals surface area contributed by atoms with E-state index in [4.69, 9.17) is 4.74 Å². The molecule has 1 amide bonds. The van der Waals surface area contributed by atoms with Gasteiger partial charge in [-0.1, -0.05) is 30.3 Å². The van der Waals surface area contributed by atoms with E-state index >= 15 is 0 Å². The zero-order valence-corrected chi connectivity index (χ0v) is 12.2. The third-order valence-corrected chi connectivity index (χ3v) is 4.49. The molecule has 6 nitrogen and oxygen atoms in total. The Balaban J connectivity index is 2.29. The van der Waals surface area contributed by atoms with Crippen LogP contribution in [0.3, 0.4) is 0 Å². The van der Waals surface area contributed by atoms with E-state index in [9.17, 15) is 19.5 Å². The van der Waals surface area contributed by atoms with Crippen molar-refractivity contribution in [1.29, 1.82) is 0 Å². The van der Waals surface area contributed by atoms with E-state index in [1.54, 1.807) is 37.3 Å². The SMILES string of the molecule is COC(=O)C1(C)C(c2ccccc2)=C(C(=O)O)N2C(=O)C[C@H]21. The summed E-state index contributed by atoms with van der Waals surface area (Å²) >= 11 is 0. The molecule has 2 aliphatic rings. The molecule has 2 heterocycles. The van der Waals surface area contributed by atoms with Gasteiger partial charge in [0.2, 0.25) is 5.91 Å². The van der Waals surface area contributed by atoms with Crippen LogP contribution in [-0.2, 0) is 19.1 Å². The van der Waals surface area contributed by atoms with E-state index in [0.717, 1.165) is 0 Å². The number of hydrogen-bond donors (Lipinski definition) is 1. The summed E-state index contributed by atoms with van der Waals surface area (Å²) < 4.78 is 4.90. The number of carboxylic acid groups (broad SMARTS) is 1. The number of fused-ring (bicyclic) bond motifs is 1. The molecule has 0 bridgehead atoms. The van der Waals surface area contributed by atoms with Crippen LogP contribution in [0, 0.1) is 5.41 Å². The first-order valence-electron chi connectivity index (χ1n) is 6.86. The van der Waals surface area contributed by atoms with Gasteiger partial charge in [0.1, 0.15) is 11.1 Å². The second-order valence-corrected chi connectivity index (χ2v) is 5.57. The summed E-state index contributed by atoms with van der Waals surface area (Å²) in [7, 11) is 1.26. The summed E-state index contributed by atoms with van der Waals surface area (Å²) in [4.78, 5) is 37.2. The number of carboxylic acids is 1. The lowest BCUT2D eigenvalue weighted by Crippen LogP contribution is -2.57. The number of rotatable bonds is 3. The number of ether oxygens (including phenoxy) is 1. The maximum atomic E-state index is 12.4. The zero-order valence-electron chi connectivity index (χ0n) is 12.2. The number of nitrogens with zero attached hydrogens (tertiary/aromatic N) is 1. The normalized spacial score (nSPS) is 26.5. The highest BCUT2D eigenvalue weighted by molar-refractivity contribution is 6.12. The first kappa shape index (κ1) is 14.3. The smallest absolute Gasteiger partial charge is 0.352 e. The molecule has 3 rings (SSSR count). The molecule has 6 heteroatoms. The molecule has 2 atom stereocenters. The Labute approximate surface area is 127 Å². The average Bonchev–Trinajstić information content (AvgIpc) is 2.73. The zero-order chi connectivity index (χ0) is 16.1. The summed E-state index contributed by atoms with van der Waals surface area (Å²) in [6.07, 6.45) is 0.138. The third-order valence-electron chi connectivity index (χ3n) is 4.49. The van der Waals surface area contributed by atoms with Crippen molar-refractivity contribution in [3.63, 3.8) is 0 Å². The fourth-order valence-corrected chi connectivity index (χ4v) is 3.39. The summed E-state index contributed by atoms with van der Waals surface area (Å²) in [5.74, 6) is -2.04. The van der Waals surface area contributed by atoms with Gasteiger partial charge in [-0.15, -0.1) is 0 Å². The Kier molecular flexibility index (Phi) is 3.05. The van der Waals surface area contributed by atoms with Crippen molar-refractivity contribution in [2.45, 2.75) is 19.4 Å². The summed E-state index contributed by atoms with van der Waals surface area (Å²) in [6, 6.07) is 8.28. The van der Waals surface area contributed by atoms with E-state index in [1.165, 1.54) is 12.0 Å². The lowest BCUT2D eigenvalue weighted by atomic mass is 9.72. The van der Waals surface area contributed by atoms with Crippen LogP contribution in [-0.4, -0.2) is 41.0 Å². The van der Waals surface area contributed by atoms with Crippen molar-refractivity contribution in [2.75, 3.05) is 7.11 Å². The highest BCUT2D eigenvalue weighted by Crippen LogP contribution is 2.55. The van der Waals surface area contributed by atoms with Gasteiger partial charge < -0.3 is 14.7 Å². The first-order chi connectivity index (χ1) is 10.4. The number of carbonyl (C=O) groups excluding carboxylic acids is 2. The van der Waals surface area contributed by atoms with Gasteiger partial charge in [-0.05, 0) is 12.5 Å². The summed E-state index contributed by atoms with van der Waals surface area (Å²) in [5, 5.41) is 9.57. The van der Waals surface area contributed by atoms with Crippen LogP contribution in [0.2, 0.25) is 0 Å². The fraction of sp³-hybridized carbons (Fsp3) is 0.312. The maximum Gasteiger partial charge on any atom is 0.352 e. The Hall–Kier alpha value is -2.63. The quantitative estimate of drug-likeness (QED) is 0.671. The van der Waals surface area contributed by atoms with Crippen LogP contribution in [0.15, 0.2) is 36.0 Å². The van der Waals surface area contributed by atoms with Gasteiger partial charge in [0.25, 0.3) is 0 Å². The monoisotopic (exact) mass is 301 g/mol. The highest BCUT2D eigenvalue weighted by atomic mass is 16.5. The molecule has 22 heavy (non-hydrogen) atoms. The van der Waals surface area contributed by atoms with Crippen molar-refractivity contribution < 1.29 is 24.2 Å². The second-order valence-electron chi connectivity index (χ2n) is 5.57. The molecule has 0 aliphatic carbocycles. The molecule has 1 aromatic carbocycles. The van der Waals surface area contributed by atoms with Crippen LogP contribution < -0.4 is 0 Å². The van der Waals surface area contributed by atoms with Crippen LogP contribution in [0.4, 0.5) is 0 Å². The lowest BCUT2D eigenvalue weighted by Gasteiger charge is -2.42. The number of hydrogen-bond acceptors (Lipinski definition) is 4. The molecule has 0 aromatic heterocycles. The largest absolute Gasteiger partial charge is 0.477 e. The molecule has 1 N–H and O–H groups in total. The molecular weight excluding hydrogens is 286 g/mol. The molecule has 0 radical (unpaired) electrons. The number of β-lactam (4-membered cyclic amide) rings is 1. The highest BCUT2D eigenvalue weighted by Gasteiger charge is 2.63. The third kappa shape index (κ3) is 1.63. The minimum atomic E-state index is -1.22. The van der Waals surface area contributed by atoms with Gasteiger partial charge in [0.05, 0.1) is 13.2 Å². The minimum Gasteiger partial charge on any atom is -0.477 e. The number of carbonyl (C=O) groups is 3. The number of aliphatic carboxylic acids is 1. The van der Waals surface area contributed by atoms with Gasteiger partial charge in [0, 0.05) is 12.0 Å². The Bertz CT molecular complexity index is 709. The van der Waals surface area contributed by atoms with Crippen LogP contribution >= 0.6 is 0 Å². The van der Waals surface area contributed by atoms with Crippen molar-refractivity contribution in [3.05, 3.63) is 41.6 Å². The Morgan fingerprint density at radius 2 is 1.95 bits per heavy atom. The van der Waals surface area contributed by atoms with E-state index < -0.39 is 23.4 Å². The Morgan fingerprint density at radius 1 is 1.32 bits per heavy atom. The molecule has 0 saturated carbocycles. The summed E-state index contributed by atoms with van der Waals surface area (Å²) in [6.45, 7) is 1.64.